The van der Waals surface area contributed by atoms with Gasteiger partial charge in [-0.15, -0.1) is 0 Å². The molecule has 2 aromatic rings. The summed E-state index contributed by atoms with van der Waals surface area (Å²) in [7, 11) is 1.61. The third-order valence-electron chi connectivity index (χ3n) is 2.96. The van der Waals surface area contributed by atoms with E-state index in [1.165, 1.54) is 0 Å². The van der Waals surface area contributed by atoms with E-state index in [-0.39, 0.29) is 12.6 Å². The molecule has 1 unspecified atom stereocenters. The number of rotatable bonds is 7. The predicted molar refractivity (Wildman–Crippen MR) is 78.4 cm³/mol. The fourth-order valence-electron chi connectivity index (χ4n) is 1.96. The van der Waals surface area contributed by atoms with Crippen molar-refractivity contribution < 1.29 is 14.0 Å². The maximum absolute atomic E-state index is 5.81. The summed E-state index contributed by atoms with van der Waals surface area (Å²) in [6.07, 6.45) is 1.50. The Balaban J connectivity index is 2.05. The molecule has 2 rings (SSSR count). The minimum absolute atomic E-state index is 0.105. The molecular weight excluding hydrogens is 270 g/mol. The average molecular weight is 291 g/mol. The van der Waals surface area contributed by atoms with Gasteiger partial charge in [0, 0.05) is 12.5 Å². The van der Waals surface area contributed by atoms with Crippen molar-refractivity contribution >= 4 is 0 Å². The monoisotopic (exact) mass is 291 g/mol. The molecule has 0 saturated heterocycles. The molecule has 1 atom stereocenters. The van der Waals surface area contributed by atoms with Gasteiger partial charge in [0.05, 0.1) is 7.11 Å². The molecule has 0 saturated carbocycles. The number of hydrogen-bond acceptors (Lipinski definition) is 6. The maximum Gasteiger partial charge on any atom is 0.226 e. The van der Waals surface area contributed by atoms with Crippen molar-refractivity contribution in [3.8, 4) is 11.5 Å². The number of aromatic nitrogens is 2. The molecule has 0 aliphatic carbocycles. The maximum atomic E-state index is 5.81. The summed E-state index contributed by atoms with van der Waals surface area (Å²) in [5, 5.41) is 3.85. The summed E-state index contributed by atoms with van der Waals surface area (Å²) in [5.41, 5.74) is 6.92. The molecule has 0 spiro atoms. The van der Waals surface area contributed by atoms with Crippen LogP contribution in [0, 0.1) is 0 Å². The zero-order valence-corrected chi connectivity index (χ0v) is 12.6. The first-order valence-corrected chi connectivity index (χ1v) is 6.99. The largest absolute Gasteiger partial charge is 0.493 e. The summed E-state index contributed by atoms with van der Waals surface area (Å²) in [6, 6.07) is 5.90. The number of ether oxygens (including phenoxy) is 2. The van der Waals surface area contributed by atoms with Gasteiger partial charge in [0.1, 0.15) is 0 Å². The van der Waals surface area contributed by atoms with Crippen molar-refractivity contribution in [2.24, 2.45) is 5.73 Å². The highest BCUT2D eigenvalue weighted by Gasteiger charge is 2.10. The Morgan fingerprint density at radius 1 is 1.33 bits per heavy atom. The fourth-order valence-corrected chi connectivity index (χ4v) is 1.96. The van der Waals surface area contributed by atoms with Crippen molar-refractivity contribution in [2.75, 3.05) is 7.11 Å². The van der Waals surface area contributed by atoms with Gasteiger partial charge in [-0.1, -0.05) is 18.1 Å². The van der Waals surface area contributed by atoms with Crippen molar-refractivity contribution in [3.05, 3.63) is 35.5 Å². The van der Waals surface area contributed by atoms with Crippen LogP contribution in [0.3, 0.4) is 0 Å². The van der Waals surface area contributed by atoms with E-state index in [2.05, 4.69) is 10.1 Å². The molecule has 6 heteroatoms. The number of methoxy groups -OCH3 is 1. The van der Waals surface area contributed by atoms with Gasteiger partial charge in [0.2, 0.25) is 11.7 Å². The predicted octanol–water partition coefficient (Wildman–Crippen LogP) is 2.11. The second kappa shape index (κ2) is 7.08. The van der Waals surface area contributed by atoms with Crippen LogP contribution in [0.5, 0.6) is 11.5 Å². The number of nitrogens with zero attached hydrogens (tertiary/aromatic N) is 2. The first kappa shape index (κ1) is 15.3. The van der Waals surface area contributed by atoms with Crippen LogP contribution in [0.25, 0.3) is 0 Å². The fraction of sp³-hybridized carbons (Fsp3) is 0.467. The molecule has 1 aromatic carbocycles. The SMILES string of the molecule is CCc1nc(COc2ccc(CC(C)N)cc2OC)no1. The highest BCUT2D eigenvalue weighted by atomic mass is 16.5. The highest BCUT2D eigenvalue weighted by molar-refractivity contribution is 5.43. The molecule has 2 N–H and O–H groups in total. The van der Waals surface area contributed by atoms with Crippen LogP contribution in [0.1, 0.15) is 31.1 Å². The van der Waals surface area contributed by atoms with Crippen LogP contribution < -0.4 is 15.2 Å². The van der Waals surface area contributed by atoms with Crippen molar-refractivity contribution in [3.63, 3.8) is 0 Å². The molecule has 0 aliphatic rings. The van der Waals surface area contributed by atoms with Crippen LogP contribution in [-0.4, -0.2) is 23.3 Å². The smallest absolute Gasteiger partial charge is 0.226 e. The van der Waals surface area contributed by atoms with E-state index >= 15 is 0 Å². The Morgan fingerprint density at radius 2 is 2.14 bits per heavy atom. The van der Waals surface area contributed by atoms with Gasteiger partial charge in [-0.2, -0.15) is 4.98 Å². The van der Waals surface area contributed by atoms with Crippen LogP contribution in [-0.2, 0) is 19.4 Å². The quantitative estimate of drug-likeness (QED) is 0.841. The van der Waals surface area contributed by atoms with E-state index in [0.29, 0.717) is 29.6 Å². The van der Waals surface area contributed by atoms with Crippen molar-refractivity contribution in [1.82, 2.24) is 10.1 Å². The Morgan fingerprint density at radius 3 is 2.76 bits per heavy atom. The summed E-state index contributed by atoms with van der Waals surface area (Å²) < 4.78 is 16.1. The lowest BCUT2D eigenvalue weighted by atomic mass is 10.1. The molecular formula is C15H21N3O3. The highest BCUT2D eigenvalue weighted by Crippen LogP contribution is 2.29. The number of benzene rings is 1. The Kier molecular flexibility index (Phi) is 5.16. The van der Waals surface area contributed by atoms with Gasteiger partial charge >= 0.3 is 0 Å². The van der Waals surface area contributed by atoms with Crippen LogP contribution in [0.15, 0.2) is 22.7 Å². The first-order valence-electron chi connectivity index (χ1n) is 6.99. The molecule has 6 nitrogen and oxygen atoms in total. The molecule has 1 heterocycles. The third-order valence-corrected chi connectivity index (χ3v) is 2.96. The Labute approximate surface area is 124 Å². The average Bonchev–Trinajstić information content (AvgIpc) is 2.93. The van der Waals surface area contributed by atoms with Gasteiger partial charge < -0.3 is 19.7 Å². The Hall–Kier alpha value is -2.08. The van der Waals surface area contributed by atoms with Crippen LogP contribution in [0.2, 0.25) is 0 Å². The van der Waals surface area contributed by atoms with Crippen LogP contribution >= 0.6 is 0 Å². The molecule has 0 radical (unpaired) electrons. The standard InChI is InChI=1S/C15H21N3O3/c1-4-15-17-14(18-21-15)9-20-12-6-5-11(7-10(2)16)8-13(12)19-3/h5-6,8,10H,4,7,9,16H2,1-3H3. The van der Waals surface area contributed by atoms with Gasteiger partial charge in [0.15, 0.2) is 18.1 Å². The second-order valence-electron chi connectivity index (χ2n) is 4.91. The van der Waals surface area contributed by atoms with Crippen molar-refractivity contribution in [1.29, 1.82) is 0 Å². The van der Waals surface area contributed by atoms with E-state index in [4.69, 9.17) is 19.7 Å². The van der Waals surface area contributed by atoms with E-state index < -0.39 is 0 Å². The molecule has 0 aliphatic heterocycles. The van der Waals surface area contributed by atoms with E-state index in [1.54, 1.807) is 7.11 Å². The molecule has 0 amide bonds. The zero-order chi connectivity index (χ0) is 15.2. The van der Waals surface area contributed by atoms with Gasteiger partial charge in [-0.05, 0) is 31.0 Å². The summed E-state index contributed by atoms with van der Waals surface area (Å²) in [4.78, 5) is 4.20. The van der Waals surface area contributed by atoms with Crippen LogP contribution in [0.4, 0.5) is 0 Å². The molecule has 0 bridgehead atoms. The topological polar surface area (TPSA) is 83.4 Å². The van der Waals surface area contributed by atoms with Gasteiger partial charge in [-0.25, -0.2) is 0 Å². The zero-order valence-electron chi connectivity index (χ0n) is 12.6. The molecule has 0 fully saturated rings. The van der Waals surface area contributed by atoms with Gasteiger partial charge in [0.25, 0.3) is 0 Å². The lowest BCUT2D eigenvalue weighted by molar-refractivity contribution is 0.269. The third kappa shape index (κ3) is 4.19. The molecule has 1 aromatic heterocycles. The van der Waals surface area contributed by atoms with E-state index in [1.807, 2.05) is 32.0 Å². The molecule has 21 heavy (non-hydrogen) atoms. The minimum atomic E-state index is 0.105. The van der Waals surface area contributed by atoms with E-state index in [0.717, 1.165) is 12.0 Å². The van der Waals surface area contributed by atoms with Gasteiger partial charge in [-0.3, -0.25) is 0 Å². The number of nitrogens with two attached hydrogens (primary N) is 1. The second-order valence-corrected chi connectivity index (χ2v) is 4.91. The summed E-state index contributed by atoms with van der Waals surface area (Å²) in [6.45, 7) is 4.17. The first-order chi connectivity index (χ1) is 10.1. The summed E-state index contributed by atoms with van der Waals surface area (Å²) in [5.74, 6) is 2.45. The molecule has 114 valence electrons. The minimum Gasteiger partial charge on any atom is -0.493 e. The number of aryl methyl sites for hydroxylation is 1. The lowest BCUT2D eigenvalue weighted by Crippen LogP contribution is -2.17. The Bertz CT molecular complexity index is 581. The summed E-state index contributed by atoms with van der Waals surface area (Å²) >= 11 is 0. The normalized spacial score (nSPS) is 12.2. The lowest BCUT2D eigenvalue weighted by Gasteiger charge is -2.12. The van der Waals surface area contributed by atoms with Crippen molar-refractivity contribution in [2.45, 2.75) is 39.3 Å². The number of hydrogen-bond donors (Lipinski definition) is 1. The van der Waals surface area contributed by atoms with E-state index in [9.17, 15) is 0 Å².